The number of rotatable bonds is 6. The van der Waals surface area contributed by atoms with Gasteiger partial charge in [0.2, 0.25) is 0 Å². The number of benzene rings is 1. The van der Waals surface area contributed by atoms with E-state index in [1.54, 1.807) is 40.2 Å². The summed E-state index contributed by atoms with van der Waals surface area (Å²) in [5.41, 5.74) is 2.05. The van der Waals surface area contributed by atoms with Crippen molar-refractivity contribution in [2.75, 3.05) is 17.7 Å². The maximum Gasteiger partial charge on any atom is 0.263 e. The monoisotopic (exact) mass is 467 g/mol. The third-order valence-electron chi connectivity index (χ3n) is 5.62. The Morgan fingerprint density at radius 1 is 1.31 bits per heavy atom. The fraction of sp³-hybridized carbons (Fsp3) is 0.304. The lowest BCUT2D eigenvalue weighted by Crippen LogP contribution is -2.25. The number of aromatic nitrogens is 2. The van der Waals surface area contributed by atoms with Crippen molar-refractivity contribution >= 4 is 50.7 Å². The van der Waals surface area contributed by atoms with E-state index in [9.17, 15) is 14.4 Å². The number of ether oxygens (including phenoxy) is 1. The maximum absolute atomic E-state index is 13.3. The van der Waals surface area contributed by atoms with E-state index in [2.05, 4.69) is 11.9 Å². The number of thiophene rings is 1. The van der Waals surface area contributed by atoms with Gasteiger partial charge in [-0.2, -0.15) is 0 Å². The lowest BCUT2D eigenvalue weighted by Gasteiger charge is -2.18. The van der Waals surface area contributed by atoms with Gasteiger partial charge in [-0.3, -0.25) is 19.0 Å². The quantitative estimate of drug-likeness (QED) is 0.256. The van der Waals surface area contributed by atoms with Crippen LogP contribution in [0.1, 0.15) is 33.6 Å². The fourth-order valence-electron chi connectivity index (χ4n) is 4.09. The number of hydrogen-bond acceptors (Lipinski definition) is 7. The number of hydrogen-bond donors (Lipinski definition) is 1. The lowest BCUT2D eigenvalue weighted by molar-refractivity contribution is -0.118. The van der Waals surface area contributed by atoms with Crippen molar-refractivity contribution in [1.29, 1.82) is 0 Å². The van der Waals surface area contributed by atoms with Crippen LogP contribution in [0.4, 0.5) is 5.69 Å². The van der Waals surface area contributed by atoms with Gasteiger partial charge in [0.15, 0.2) is 17.5 Å². The Hall–Kier alpha value is -2.91. The summed E-state index contributed by atoms with van der Waals surface area (Å²) in [6.45, 7) is 4.08. The van der Waals surface area contributed by atoms with Gasteiger partial charge >= 0.3 is 0 Å². The molecule has 5 rings (SSSR count). The van der Waals surface area contributed by atoms with Gasteiger partial charge in [0.1, 0.15) is 10.6 Å². The molecule has 0 saturated carbocycles. The van der Waals surface area contributed by atoms with Crippen LogP contribution in [-0.4, -0.2) is 33.6 Å². The molecular formula is C23H21N3O4S2. The molecule has 1 aliphatic carbocycles. The molecule has 0 spiro atoms. The number of amides is 1. The van der Waals surface area contributed by atoms with Crippen molar-refractivity contribution in [3.05, 3.63) is 57.2 Å². The molecular weight excluding hydrogens is 446 g/mol. The predicted molar refractivity (Wildman–Crippen MR) is 126 cm³/mol. The number of carbonyl (C=O) groups excluding carboxylic acids is 2. The number of thioether (sulfide) groups is 1. The number of carbonyl (C=O) groups is 2. The molecule has 0 bridgehead atoms. The van der Waals surface area contributed by atoms with Crippen LogP contribution in [0.15, 0.2) is 40.8 Å². The highest BCUT2D eigenvalue weighted by Crippen LogP contribution is 2.35. The molecule has 3 aromatic rings. The van der Waals surface area contributed by atoms with Crippen molar-refractivity contribution in [3.8, 4) is 5.75 Å². The first-order valence-electron chi connectivity index (χ1n) is 10.4. The van der Waals surface area contributed by atoms with Crippen LogP contribution in [-0.2, 0) is 24.2 Å². The third-order valence-corrected chi connectivity index (χ3v) is 7.78. The van der Waals surface area contributed by atoms with Crippen LogP contribution in [0.5, 0.6) is 5.75 Å². The molecule has 3 heterocycles. The molecule has 0 saturated heterocycles. The molecule has 1 N–H and O–H groups in total. The van der Waals surface area contributed by atoms with Crippen molar-refractivity contribution in [3.63, 3.8) is 0 Å². The number of allylic oxidation sites excluding steroid dienone is 1. The maximum atomic E-state index is 13.3. The zero-order valence-electron chi connectivity index (χ0n) is 17.3. The summed E-state index contributed by atoms with van der Waals surface area (Å²) in [6, 6.07) is 4.98. The van der Waals surface area contributed by atoms with Crippen LogP contribution in [0, 0.1) is 0 Å². The highest BCUT2D eigenvalue weighted by atomic mass is 32.2. The number of nitrogens with one attached hydrogen (secondary N) is 1. The smallest absolute Gasteiger partial charge is 0.263 e. The average molecular weight is 468 g/mol. The first-order valence-corrected chi connectivity index (χ1v) is 12.2. The number of ketones is 1. The summed E-state index contributed by atoms with van der Waals surface area (Å²) in [5, 5.41) is 3.96. The van der Waals surface area contributed by atoms with Crippen molar-refractivity contribution in [1.82, 2.24) is 9.55 Å². The Balaban J connectivity index is 1.43. The van der Waals surface area contributed by atoms with Crippen molar-refractivity contribution < 1.29 is 14.3 Å². The minimum absolute atomic E-state index is 0.0305. The molecule has 164 valence electrons. The zero-order valence-corrected chi connectivity index (χ0v) is 18.9. The molecule has 0 fully saturated rings. The predicted octanol–water partition coefficient (Wildman–Crippen LogP) is 3.83. The molecule has 0 atom stereocenters. The molecule has 7 nitrogen and oxygen atoms in total. The van der Waals surface area contributed by atoms with Gasteiger partial charge in [-0.1, -0.05) is 17.8 Å². The first kappa shape index (κ1) is 21.0. The highest BCUT2D eigenvalue weighted by Gasteiger charge is 2.23. The van der Waals surface area contributed by atoms with E-state index in [1.165, 1.54) is 16.6 Å². The molecule has 2 aromatic heterocycles. The second-order valence-electron chi connectivity index (χ2n) is 7.75. The SMILES string of the molecule is C=CCn1c(SCC(=O)c2ccc3c(c2)NC(=O)CO3)nc2sc3c(c2c1=O)CCCC3. The van der Waals surface area contributed by atoms with Crippen LogP contribution < -0.4 is 15.6 Å². The van der Waals surface area contributed by atoms with Gasteiger partial charge in [-0.25, -0.2) is 4.98 Å². The molecule has 0 radical (unpaired) electrons. The average Bonchev–Trinajstić information content (AvgIpc) is 3.17. The topological polar surface area (TPSA) is 90.3 Å². The Labute approximate surface area is 192 Å². The van der Waals surface area contributed by atoms with Crippen LogP contribution >= 0.6 is 23.1 Å². The Morgan fingerprint density at radius 2 is 2.16 bits per heavy atom. The summed E-state index contributed by atoms with van der Waals surface area (Å²) in [7, 11) is 0. The molecule has 2 aliphatic rings. The van der Waals surface area contributed by atoms with Gasteiger partial charge in [0.25, 0.3) is 11.5 Å². The van der Waals surface area contributed by atoms with Crippen molar-refractivity contribution in [2.45, 2.75) is 37.4 Å². The standard InChI is InChI=1S/C23H21N3O4S2/c1-2-9-26-22(29)20-14-5-3-4-6-18(14)32-21(20)25-23(26)31-12-16(27)13-7-8-17-15(10-13)24-19(28)11-30-17/h2,7-8,10H,1,3-6,9,11-12H2,(H,24,28). The zero-order chi connectivity index (χ0) is 22.2. The first-order chi connectivity index (χ1) is 15.5. The minimum atomic E-state index is -0.249. The molecule has 32 heavy (non-hydrogen) atoms. The summed E-state index contributed by atoms with van der Waals surface area (Å²) in [4.78, 5) is 44.5. The Kier molecular flexibility index (Phi) is 5.60. The van der Waals surface area contributed by atoms with E-state index in [-0.39, 0.29) is 29.6 Å². The molecule has 9 heteroatoms. The summed E-state index contributed by atoms with van der Waals surface area (Å²) >= 11 is 2.84. The van der Waals surface area contributed by atoms with Crippen molar-refractivity contribution in [2.24, 2.45) is 0 Å². The molecule has 0 unspecified atom stereocenters. The van der Waals surface area contributed by atoms with E-state index < -0.39 is 0 Å². The number of fused-ring (bicyclic) bond motifs is 4. The van der Waals surface area contributed by atoms with E-state index >= 15 is 0 Å². The second-order valence-corrected chi connectivity index (χ2v) is 9.78. The molecule has 1 amide bonds. The minimum Gasteiger partial charge on any atom is -0.482 e. The number of Topliss-reactive ketones (excluding diaryl/α,β-unsaturated/α-hetero) is 1. The van der Waals surface area contributed by atoms with E-state index in [4.69, 9.17) is 9.72 Å². The Morgan fingerprint density at radius 3 is 3.00 bits per heavy atom. The lowest BCUT2D eigenvalue weighted by atomic mass is 9.97. The van der Waals surface area contributed by atoms with E-state index in [0.29, 0.717) is 28.7 Å². The van der Waals surface area contributed by atoms with E-state index in [1.807, 2.05) is 0 Å². The van der Waals surface area contributed by atoms with Gasteiger partial charge in [-0.15, -0.1) is 17.9 Å². The van der Waals surface area contributed by atoms with Crippen LogP contribution in [0.2, 0.25) is 0 Å². The van der Waals surface area contributed by atoms with Gasteiger partial charge < -0.3 is 10.1 Å². The number of anilines is 1. The number of nitrogens with zero attached hydrogens (tertiary/aromatic N) is 2. The normalized spacial score (nSPS) is 14.9. The van der Waals surface area contributed by atoms with Gasteiger partial charge in [0, 0.05) is 17.0 Å². The summed E-state index contributed by atoms with van der Waals surface area (Å²) < 4.78 is 6.95. The second kappa shape index (κ2) is 8.55. The number of aryl methyl sites for hydroxylation is 2. The molecule has 1 aliphatic heterocycles. The van der Waals surface area contributed by atoms with Crippen LogP contribution in [0.3, 0.4) is 0 Å². The third kappa shape index (κ3) is 3.75. The summed E-state index contributed by atoms with van der Waals surface area (Å²) in [6.07, 6.45) is 5.83. The molecule has 1 aromatic carbocycles. The fourth-order valence-corrected chi connectivity index (χ4v) is 6.30. The Bertz CT molecular complexity index is 1330. The largest absolute Gasteiger partial charge is 0.482 e. The van der Waals surface area contributed by atoms with Gasteiger partial charge in [0.05, 0.1) is 16.8 Å². The van der Waals surface area contributed by atoms with Crippen LogP contribution in [0.25, 0.3) is 10.2 Å². The van der Waals surface area contributed by atoms with E-state index in [0.717, 1.165) is 41.5 Å². The summed E-state index contributed by atoms with van der Waals surface area (Å²) in [5.74, 6) is 0.291. The van der Waals surface area contributed by atoms with Gasteiger partial charge in [-0.05, 0) is 49.4 Å². The highest BCUT2D eigenvalue weighted by molar-refractivity contribution is 7.99.